The average molecular weight is 442 g/mol. The molecule has 0 unspecified atom stereocenters. The summed E-state index contributed by atoms with van der Waals surface area (Å²) in [6, 6.07) is 8.18. The second-order valence-corrected chi connectivity index (χ2v) is 6.72. The first-order valence-electron chi connectivity index (χ1n) is 7.80. The van der Waals surface area contributed by atoms with Crippen molar-refractivity contribution >= 4 is 49.9 Å². The van der Waals surface area contributed by atoms with Gasteiger partial charge in [-0.1, -0.05) is 27.5 Å². The molecule has 1 aromatic heterocycles. The first kappa shape index (κ1) is 18.7. The first-order valence-corrected chi connectivity index (χ1v) is 9.30. The summed E-state index contributed by atoms with van der Waals surface area (Å²) in [7, 11) is 3.45. The number of nitrogens with one attached hydrogen (secondary N) is 1. The van der Waals surface area contributed by atoms with Gasteiger partial charge in [0.25, 0.3) is 0 Å². The number of rotatable bonds is 6. The molecular weight excluding hydrogens is 425 g/mol. The molecule has 2 aromatic carbocycles. The molecule has 0 aliphatic carbocycles. The van der Waals surface area contributed by atoms with Crippen LogP contribution in [0.2, 0.25) is 5.02 Å². The maximum Gasteiger partial charge on any atom is 0.237 e. The van der Waals surface area contributed by atoms with Crippen LogP contribution >= 0.6 is 27.5 Å². The summed E-state index contributed by atoms with van der Waals surface area (Å²) in [5, 5.41) is 4.86. The van der Waals surface area contributed by atoms with E-state index >= 15 is 0 Å². The fraction of sp³-hybridized carbons (Fsp3) is 0.222. The third kappa shape index (κ3) is 3.83. The van der Waals surface area contributed by atoms with Gasteiger partial charge in [-0.25, -0.2) is 8.96 Å². The minimum atomic E-state index is -0.462. The number of benzene rings is 2. The van der Waals surface area contributed by atoms with Crippen LogP contribution in [0, 0.1) is 5.82 Å². The van der Waals surface area contributed by atoms with Crippen molar-refractivity contribution in [3.8, 4) is 11.5 Å². The number of aryl methyl sites for hydroxylation is 1. The molecule has 0 aliphatic heterocycles. The number of alkyl halides is 1. The van der Waals surface area contributed by atoms with Gasteiger partial charge >= 0.3 is 0 Å². The highest BCUT2D eigenvalue weighted by Crippen LogP contribution is 2.34. The zero-order chi connectivity index (χ0) is 18.7. The molecule has 0 spiro atoms. The molecule has 8 heteroatoms. The Morgan fingerprint density at radius 1 is 1.27 bits per heavy atom. The lowest BCUT2D eigenvalue weighted by Gasteiger charge is -2.12. The molecule has 3 rings (SSSR count). The molecule has 0 aliphatic rings. The van der Waals surface area contributed by atoms with Crippen molar-refractivity contribution in [2.45, 2.75) is 0 Å². The van der Waals surface area contributed by atoms with Gasteiger partial charge in [0.05, 0.1) is 36.9 Å². The number of halogens is 3. The lowest BCUT2D eigenvalue weighted by Crippen LogP contribution is -2.32. The van der Waals surface area contributed by atoms with Crippen LogP contribution in [-0.2, 0) is 7.05 Å². The number of ether oxygens (including phenoxy) is 2. The normalized spacial score (nSPS) is 10.8. The van der Waals surface area contributed by atoms with Gasteiger partial charge in [-0.15, -0.1) is 4.98 Å². The van der Waals surface area contributed by atoms with Gasteiger partial charge in [-0.3, -0.25) is 5.32 Å². The van der Waals surface area contributed by atoms with Crippen molar-refractivity contribution in [2.24, 2.45) is 7.05 Å². The third-order valence-corrected chi connectivity index (χ3v) is 4.39. The molecule has 0 atom stereocenters. The van der Waals surface area contributed by atoms with E-state index in [1.165, 1.54) is 12.1 Å². The standard InChI is InChI=1S/C18H16BrClFN3O2/c1-24-10-22-15-9-16(25-2)17(26-6-5-19)8-12(15)18(24)23-11-3-4-14(21)13(20)7-11/h3-4,7-10H,5-6H2,1-2H3/p+1. The number of hydrogen-bond acceptors (Lipinski definition) is 4. The SMILES string of the molecule is COc1cc2nc[n+](C)c(Nc3ccc(F)c(Cl)c3)c2cc1OCCBr. The van der Waals surface area contributed by atoms with Gasteiger partial charge in [-0.05, 0) is 18.2 Å². The Kier molecular flexibility index (Phi) is 5.78. The molecular formula is C18H17BrClFN3O2+. The largest absolute Gasteiger partial charge is 0.493 e. The number of aromatic nitrogens is 2. The third-order valence-electron chi connectivity index (χ3n) is 3.78. The van der Waals surface area contributed by atoms with Crippen molar-refractivity contribution in [1.82, 2.24) is 4.98 Å². The molecule has 26 heavy (non-hydrogen) atoms. The van der Waals surface area contributed by atoms with E-state index in [0.717, 1.165) is 16.7 Å². The summed E-state index contributed by atoms with van der Waals surface area (Å²) in [5.41, 5.74) is 1.40. The molecule has 5 nitrogen and oxygen atoms in total. The van der Waals surface area contributed by atoms with Crippen molar-refractivity contribution in [3.63, 3.8) is 0 Å². The van der Waals surface area contributed by atoms with E-state index in [9.17, 15) is 4.39 Å². The lowest BCUT2D eigenvalue weighted by atomic mass is 10.2. The molecule has 0 radical (unpaired) electrons. The molecule has 3 aromatic rings. The molecule has 1 N–H and O–H groups in total. The Morgan fingerprint density at radius 3 is 2.77 bits per heavy atom. The predicted octanol–water partition coefficient (Wildman–Crippen LogP) is 4.38. The van der Waals surface area contributed by atoms with E-state index < -0.39 is 5.82 Å². The molecule has 0 amide bonds. The Hall–Kier alpha value is -2.12. The van der Waals surface area contributed by atoms with Crippen LogP contribution in [0.3, 0.4) is 0 Å². The van der Waals surface area contributed by atoms with E-state index in [0.29, 0.717) is 29.1 Å². The van der Waals surface area contributed by atoms with Crippen LogP contribution in [0.5, 0.6) is 11.5 Å². The van der Waals surface area contributed by atoms with Crippen LogP contribution in [0.1, 0.15) is 0 Å². The maximum atomic E-state index is 13.4. The monoisotopic (exact) mass is 440 g/mol. The molecule has 136 valence electrons. The first-order chi connectivity index (χ1) is 12.5. The second kappa shape index (κ2) is 8.05. The maximum absolute atomic E-state index is 13.4. The summed E-state index contributed by atoms with van der Waals surface area (Å²) in [6.07, 6.45) is 1.69. The minimum absolute atomic E-state index is 0.0547. The van der Waals surface area contributed by atoms with Crippen LogP contribution in [-0.4, -0.2) is 24.0 Å². The Labute approximate surface area is 163 Å². The van der Waals surface area contributed by atoms with Crippen molar-refractivity contribution in [3.05, 3.63) is 47.5 Å². The summed E-state index contributed by atoms with van der Waals surface area (Å²) in [6.45, 7) is 0.505. The molecule has 0 saturated carbocycles. The Balaban J connectivity index is 2.10. The molecule has 0 saturated heterocycles. The molecule has 0 bridgehead atoms. The summed E-state index contributed by atoms with van der Waals surface area (Å²) < 4.78 is 26.4. The summed E-state index contributed by atoms with van der Waals surface area (Å²) >= 11 is 9.23. The highest BCUT2D eigenvalue weighted by molar-refractivity contribution is 9.09. The van der Waals surface area contributed by atoms with E-state index in [4.69, 9.17) is 21.1 Å². The van der Waals surface area contributed by atoms with Gasteiger partial charge < -0.3 is 9.47 Å². The highest BCUT2D eigenvalue weighted by atomic mass is 79.9. The van der Waals surface area contributed by atoms with Gasteiger partial charge in [0, 0.05) is 17.5 Å². The van der Waals surface area contributed by atoms with Crippen LogP contribution in [0.25, 0.3) is 10.9 Å². The van der Waals surface area contributed by atoms with Crippen LogP contribution < -0.4 is 19.4 Å². The fourth-order valence-corrected chi connectivity index (χ4v) is 2.87. The van der Waals surface area contributed by atoms with Crippen LogP contribution in [0.15, 0.2) is 36.7 Å². The lowest BCUT2D eigenvalue weighted by molar-refractivity contribution is -0.658. The molecule has 0 fully saturated rings. The van der Waals surface area contributed by atoms with Gasteiger partial charge in [0.1, 0.15) is 5.82 Å². The van der Waals surface area contributed by atoms with E-state index in [2.05, 4.69) is 26.2 Å². The Morgan fingerprint density at radius 2 is 2.08 bits per heavy atom. The highest BCUT2D eigenvalue weighted by Gasteiger charge is 2.18. The topological polar surface area (TPSA) is 47.3 Å². The quantitative estimate of drug-likeness (QED) is 0.456. The zero-order valence-corrected chi connectivity index (χ0v) is 16.6. The predicted molar refractivity (Wildman–Crippen MR) is 103 cm³/mol. The molecule has 1 heterocycles. The number of nitrogens with zero attached hydrogens (tertiary/aromatic N) is 2. The number of anilines is 2. The summed E-state index contributed by atoms with van der Waals surface area (Å²) in [4.78, 5) is 4.44. The van der Waals surface area contributed by atoms with E-state index in [1.54, 1.807) is 19.5 Å². The van der Waals surface area contributed by atoms with Crippen molar-refractivity contribution in [1.29, 1.82) is 0 Å². The number of hydrogen-bond donors (Lipinski definition) is 1. The minimum Gasteiger partial charge on any atom is -0.493 e. The number of methoxy groups -OCH3 is 1. The van der Waals surface area contributed by atoms with Gasteiger partial charge in [-0.2, -0.15) is 0 Å². The smallest absolute Gasteiger partial charge is 0.237 e. The number of fused-ring (bicyclic) bond motifs is 1. The zero-order valence-electron chi connectivity index (χ0n) is 14.2. The van der Waals surface area contributed by atoms with Crippen LogP contribution in [0.4, 0.5) is 15.9 Å². The second-order valence-electron chi connectivity index (χ2n) is 5.52. The van der Waals surface area contributed by atoms with Gasteiger partial charge in [0.2, 0.25) is 12.1 Å². The van der Waals surface area contributed by atoms with E-state index in [1.807, 2.05) is 23.7 Å². The van der Waals surface area contributed by atoms with E-state index in [-0.39, 0.29) is 5.02 Å². The van der Waals surface area contributed by atoms with Crippen molar-refractivity contribution < 1.29 is 18.4 Å². The fourth-order valence-electron chi connectivity index (χ4n) is 2.53. The Bertz CT molecular complexity index is 955. The summed E-state index contributed by atoms with van der Waals surface area (Å²) in [5.74, 6) is 1.53. The average Bonchev–Trinajstić information content (AvgIpc) is 2.64. The van der Waals surface area contributed by atoms with Crippen molar-refractivity contribution in [2.75, 3.05) is 24.4 Å². The van der Waals surface area contributed by atoms with Gasteiger partial charge in [0.15, 0.2) is 17.0 Å².